The molecule has 0 amide bonds. The lowest BCUT2D eigenvalue weighted by atomic mass is 10.0. The summed E-state index contributed by atoms with van der Waals surface area (Å²) in [7, 11) is 0. The van der Waals surface area contributed by atoms with E-state index in [0.29, 0.717) is 12.1 Å². The van der Waals surface area contributed by atoms with Crippen LogP contribution in [0.3, 0.4) is 0 Å². The molecule has 1 saturated heterocycles. The van der Waals surface area contributed by atoms with Gasteiger partial charge in [-0.1, -0.05) is 0 Å². The Bertz CT molecular complexity index is 576. The zero-order valence-corrected chi connectivity index (χ0v) is 12.6. The average Bonchev–Trinajstić information content (AvgIpc) is 3.26. The monoisotopic (exact) mass is 299 g/mol. The number of hydrogen-bond acceptors (Lipinski definition) is 6. The summed E-state index contributed by atoms with van der Waals surface area (Å²) in [4.78, 5) is 17.7. The van der Waals surface area contributed by atoms with Gasteiger partial charge in [-0.25, -0.2) is 15.0 Å². The third-order valence-electron chi connectivity index (χ3n) is 4.59. The standard InChI is InChI=1S/C16H21N5O/c1-2-14(1)21(16-3-6-17-11-18-16)15-4-7-20(8-5-15)9-13-10-22-12-19-13/h3,6,10-12,14-15H,1-2,4-5,7-9H2. The molecule has 0 bridgehead atoms. The molecule has 6 heteroatoms. The summed E-state index contributed by atoms with van der Waals surface area (Å²) in [5, 5.41) is 0. The van der Waals surface area contributed by atoms with Crippen LogP contribution < -0.4 is 4.90 Å². The summed E-state index contributed by atoms with van der Waals surface area (Å²) in [5.74, 6) is 1.09. The molecule has 2 aliphatic rings. The Morgan fingerprint density at radius 1 is 1.14 bits per heavy atom. The highest BCUT2D eigenvalue weighted by Gasteiger charge is 2.36. The lowest BCUT2D eigenvalue weighted by Gasteiger charge is -2.39. The molecular formula is C16H21N5O. The molecule has 0 N–H and O–H groups in total. The molecule has 6 nitrogen and oxygen atoms in total. The van der Waals surface area contributed by atoms with Gasteiger partial charge in [-0.15, -0.1) is 0 Å². The molecule has 2 aromatic rings. The summed E-state index contributed by atoms with van der Waals surface area (Å²) in [6.45, 7) is 3.10. The van der Waals surface area contributed by atoms with Crippen LogP contribution in [0.4, 0.5) is 5.82 Å². The number of anilines is 1. The molecule has 0 aromatic carbocycles. The van der Waals surface area contributed by atoms with Crippen LogP contribution in [0.25, 0.3) is 0 Å². The summed E-state index contributed by atoms with van der Waals surface area (Å²) < 4.78 is 5.05. The van der Waals surface area contributed by atoms with Crippen molar-refractivity contribution < 1.29 is 4.42 Å². The van der Waals surface area contributed by atoms with Crippen LogP contribution in [0.15, 0.2) is 35.7 Å². The highest BCUT2D eigenvalue weighted by atomic mass is 16.3. The first-order chi connectivity index (χ1) is 10.9. The van der Waals surface area contributed by atoms with Crippen LogP contribution in [0.1, 0.15) is 31.4 Å². The first-order valence-electron chi connectivity index (χ1n) is 8.04. The largest absolute Gasteiger partial charge is 0.451 e. The topological polar surface area (TPSA) is 58.3 Å². The lowest BCUT2D eigenvalue weighted by molar-refractivity contribution is 0.198. The lowest BCUT2D eigenvalue weighted by Crippen LogP contribution is -2.46. The van der Waals surface area contributed by atoms with Gasteiger partial charge in [0.1, 0.15) is 18.4 Å². The average molecular weight is 299 g/mol. The molecule has 22 heavy (non-hydrogen) atoms. The second-order valence-corrected chi connectivity index (χ2v) is 6.19. The number of piperidine rings is 1. The molecule has 2 aromatic heterocycles. The summed E-state index contributed by atoms with van der Waals surface area (Å²) in [5.41, 5.74) is 1.02. The Kier molecular flexibility index (Phi) is 3.76. The molecule has 0 atom stereocenters. The zero-order chi connectivity index (χ0) is 14.8. The van der Waals surface area contributed by atoms with Gasteiger partial charge >= 0.3 is 0 Å². The molecule has 0 radical (unpaired) electrons. The zero-order valence-electron chi connectivity index (χ0n) is 12.6. The maximum Gasteiger partial charge on any atom is 0.180 e. The first kappa shape index (κ1) is 13.7. The van der Waals surface area contributed by atoms with E-state index in [0.717, 1.165) is 31.1 Å². The maximum atomic E-state index is 5.05. The molecule has 2 fully saturated rings. The van der Waals surface area contributed by atoms with E-state index < -0.39 is 0 Å². The fourth-order valence-corrected chi connectivity index (χ4v) is 3.36. The molecule has 0 unspecified atom stereocenters. The van der Waals surface area contributed by atoms with Crippen LogP contribution >= 0.6 is 0 Å². The molecule has 3 heterocycles. The second kappa shape index (κ2) is 6.04. The van der Waals surface area contributed by atoms with E-state index in [4.69, 9.17) is 4.42 Å². The maximum absolute atomic E-state index is 5.05. The Labute approximate surface area is 130 Å². The van der Waals surface area contributed by atoms with Crippen LogP contribution in [0.2, 0.25) is 0 Å². The van der Waals surface area contributed by atoms with E-state index in [1.54, 1.807) is 12.6 Å². The van der Waals surface area contributed by atoms with Crippen LogP contribution in [0.5, 0.6) is 0 Å². The van der Waals surface area contributed by atoms with Crippen LogP contribution in [0, 0.1) is 0 Å². The van der Waals surface area contributed by atoms with Crippen LogP contribution in [-0.4, -0.2) is 45.0 Å². The number of nitrogens with zero attached hydrogens (tertiary/aromatic N) is 5. The molecular weight excluding hydrogens is 278 g/mol. The van der Waals surface area contributed by atoms with E-state index in [1.807, 2.05) is 12.3 Å². The minimum Gasteiger partial charge on any atom is -0.451 e. The van der Waals surface area contributed by atoms with Crippen molar-refractivity contribution in [1.82, 2.24) is 19.9 Å². The van der Waals surface area contributed by atoms with Gasteiger partial charge in [0.2, 0.25) is 0 Å². The molecule has 116 valence electrons. The summed E-state index contributed by atoms with van der Waals surface area (Å²) >= 11 is 0. The van der Waals surface area contributed by atoms with Gasteiger partial charge < -0.3 is 9.32 Å². The smallest absolute Gasteiger partial charge is 0.180 e. The number of aromatic nitrogens is 3. The minimum atomic E-state index is 0.593. The number of rotatable bonds is 5. The fraction of sp³-hybridized carbons (Fsp3) is 0.562. The van der Waals surface area contributed by atoms with Gasteiger partial charge in [-0.2, -0.15) is 0 Å². The third kappa shape index (κ3) is 2.97. The summed E-state index contributed by atoms with van der Waals surface area (Å²) in [6.07, 6.45) is 11.7. The van der Waals surface area contributed by atoms with E-state index in [2.05, 4.69) is 24.8 Å². The minimum absolute atomic E-state index is 0.593. The van der Waals surface area contributed by atoms with Gasteiger partial charge in [-0.3, -0.25) is 4.90 Å². The Morgan fingerprint density at radius 3 is 2.59 bits per heavy atom. The van der Waals surface area contributed by atoms with Crippen molar-refractivity contribution in [3.8, 4) is 0 Å². The van der Waals surface area contributed by atoms with Gasteiger partial charge in [0.15, 0.2) is 6.39 Å². The quantitative estimate of drug-likeness (QED) is 0.842. The third-order valence-corrected chi connectivity index (χ3v) is 4.59. The highest BCUT2D eigenvalue weighted by molar-refractivity contribution is 5.41. The predicted molar refractivity (Wildman–Crippen MR) is 82.3 cm³/mol. The van der Waals surface area contributed by atoms with Gasteiger partial charge in [0.05, 0.1) is 5.69 Å². The van der Waals surface area contributed by atoms with E-state index in [-0.39, 0.29) is 0 Å². The highest BCUT2D eigenvalue weighted by Crippen LogP contribution is 2.35. The molecule has 4 rings (SSSR count). The number of oxazole rings is 1. The predicted octanol–water partition coefficient (Wildman–Crippen LogP) is 2.10. The van der Waals surface area contributed by atoms with E-state index >= 15 is 0 Å². The number of hydrogen-bond donors (Lipinski definition) is 0. The molecule has 1 aliphatic carbocycles. The van der Waals surface area contributed by atoms with Gasteiger partial charge in [0.25, 0.3) is 0 Å². The Morgan fingerprint density at radius 2 is 1.95 bits per heavy atom. The Hall–Kier alpha value is -1.95. The second-order valence-electron chi connectivity index (χ2n) is 6.19. The van der Waals surface area contributed by atoms with Crippen molar-refractivity contribution in [2.75, 3.05) is 18.0 Å². The molecule has 1 aliphatic heterocycles. The SMILES string of the molecule is c1cc(N(C2CC2)C2CCN(Cc3cocn3)CC2)ncn1. The van der Waals surface area contributed by atoms with E-state index in [1.165, 1.54) is 32.1 Å². The van der Waals surface area contributed by atoms with Crippen molar-refractivity contribution in [2.24, 2.45) is 0 Å². The van der Waals surface area contributed by atoms with Crippen molar-refractivity contribution in [3.63, 3.8) is 0 Å². The van der Waals surface area contributed by atoms with Crippen LogP contribution in [-0.2, 0) is 6.54 Å². The summed E-state index contributed by atoms with van der Waals surface area (Å²) in [6, 6.07) is 3.32. The van der Waals surface area contributed by atoms with Crippen molar-refractivity contribution in [1.29, 1.82) is 0 Å². The Balaban J connectivity index is 1.39. The fourth-order valence-electron chi connectivity index (χ4n) is 3.36. The van der Waals surface area contributed by atoms with Crippen molar-refractivity contribution in [2.45, 2.75) is 44.3 Å². The van der Waals surface area contributed by atoms with Gasteiger partial charge in [0, 0.05) is 37.9 Å². The number of likely N-dealkylation sites (tertiary alicyclic amines) is 1. The normalized spacial score (nSPS) is 20.2. The van der Waals surface area contributed by atoms with Crippen molar-refractivity contribution >= 4 is 5.82 Å². The van der Waals surface area contributed by atoms with Crippen molar-refractivity contribution in [3.05, 3.63) is 36.9 Å². The van der Waals surface area contributed by atoms with Gasteiger partial charge in [-0.05, 0) is 31.7 Å². The molecule has 0 spiro atoms. The molecule has 1 saturated carbocycles. The first-order valence-corrected chi connectivity index (χ1v) is 8.04. The van der Waals surface area contributed by atoms with E-state index in [9.17, 15) is 0 Å².